The van der Waals surface area contributed by atoms with E-state index in [4.69, 9.17) is 21.1 Å². The zero-order valence-corrected chi connectivity index (χ0v) is 16.9. The number of ether oxygens (including phenoxy) is 3. The van der Waals surface area contributed by atoms with Crippen LogP contribution in [0.15, 0.2) is 41.3 Å². The lowest BCUT2D eigenvalue weighted by Crippen LogP contribution is -2.27. The van der Waals surface area contributed by atoms with Crippen LogP contribution in [0.4, 0.5) is 0 Å². The van der Waals surface area contributed by atoms with E-state index in [1.165, 1.54) is 46.6 Å². The van der Waals surface area contributed by atoms with Gasteiger partial charge in [0.15, 0.2) is 11.5 Å². The highest BCUT2D eigenvalue weighted by atomic mass is 35.5. The molecule has 0 aromatic heterocycles. The SMILES string of the molecule is COC(=O)c1ccc(Cl)c(S(=O)(=O)N(C)Cc2ccc(OC)c(OC)c2)c1. The minimum absolute atomic E-state index is 0.0156. The average molecular weight is 414 g/mol. The molecule has 2 aromatic rings. The summed E-state index contributed by atoms with van der Waals surface area (Å²) in [6.07, 6.45) is 0. The molecule has 0 spiro atoms. The number of methoxy groups -OCH3 is 3. The fourth-order valence-electron chi connectivity index (χ4n) is 2.43. The van der Waals surface area contributed by atoms with E-state index in [-0.39, 0.29) is 22.0 Å². The van der Waals surface area contributed by atoms with E-state index >= 15 is 0 Å². The lowest BCUT2D eigenvalue weighted by atomic mass is 10.2. The quantitative estimate of drug-likeness (QED) is 0.649. The second-order valence-electron chi connectivity index (χ2n) is 5.59. The van der Waals surface area contributed by atoms with E-state index < -0.39 is 16.0 Å². The molecule has 0 radical (unpaired) electrons. The summed E-state index contributed by atoms with van der Waals surface area (Å²) in [6.45, 7) is 0.0709. The maximum Gasteiger partial charge on any atom is 0.337 e. The number of rotatable bonds is 7. The standard InChI is InChI=1S/C18H20ClNO6S/c1-20(11-12-5-8-15(24-2)16(9-12)25-3)27(22,23)17-10-13(18(21)26-4)6-7-14(17)19/h5-10H,11H2,1-4H3. The molecule has 2 aromatic carbocycles. The highest BCUT2D eigenvalue weighted by Gasteiger charge is 2.25. The van der Waals surface area contributed by atoms with Crippen molar-refractivity contribution < 1.29 is 27.4 Å². The minimum Gasteiger partial charge on any atom is -0.493 e. The summed E-state index contributed by atoms with van der Waals surface area (Å²) in [5.41, 5.74) is 0.791. The van der Waals surface area contributed by atoms with E-state index in [0.29, 0.717) is 17.1 Å². The van der Waals surface area contributed by atoms with Crippen LogP contribution in [0.3, 0.4) is 0 Å². The molecule has 0 heterocycles. The molecule has 0 aliphatic carbocycles. The van der Waals surface area contributed by atoms with Gasteiger partial charge in [-0.25, -0.2) is 13.2 Å². The van der Waals surface area contributed by atoms with Crippen LogP contribution in [-0.2, 0) is 21.3 Å². The summed E-state index contributed by atoms with van der Waals surface area (Å²) >= 11 is 6.07. The third-order valence-electron chi connectivity index (χ3n) is 3.89. The van der Waals surface area contributed by atoms with Crippen molar-refractivity contribution in [2.24, 2.45) is 0 Å². The van der Waals surface area contributed by atoms with Gasteiger partial charge in [-0.1, -0.05) is 17.7 Å². The van der Waals surface area contributed by atoms with Gasteiger partial charge in [-0.05, 0) is 35.9 Å². The van der Waals surface area contributed by atoms with Crippen molar-refractivity contribution in [3.63, 3.8) is 0 Å². The average Bonchev–Trinajstić information content (AvgIpc) is 2.67. The van der Waals surface area contributed by atoms with Crippen molar-refractivity contribution in [1.82, 2.24) is 4.31 Å². The van der Waals surface area contributed by atoms with Crippen LogP contribution >= 0.6 is 11.6 Å². The molecule has 0 saturated carbocycles. The first-order chi connectivity index (χ1) is 12.7. The monoisotopic (exact) mass is 413 g/mol. The van der Waals surface area contributed by atoms with Gasteiger partial charge in [-0.15, -0.1) is 0 Å². The third-order valence-corrected chi connectivity index (χ3v) is 6.18. The predicted octanol–water partition coefficient (Wildman–Crippen LogP) is 2.96. The van der Waals surface area contributed by atoms with Crippen molar-refractivity contribution in [3.8, 4) is 11.5 Å². The van der Waals surface area contributed by atoms with E-state index in [0.717, 1.165) is 4.31 Å². The van der Waals surface area contributed by atoms with E-state index in [1.807, 2.05) is 0 Å². The second kappa shape index (κ2) is 8.60. The molecule has 0 amide bonds. The first-order valence-electron chi connectivity index (χ1n) is 7.79. The molecule has 0 aliphatic rings. The maximum atomic E-state index is 12.9. The molecule has 0 N–H and O–H groups in total. The molecule has 0 atom stereocenters. The smallest absolute Gasteiger partial charge is 0.337 e. The van der Waals surface area contributed by atoms with Crippen LogP contribution in [0.5, 0.6) is 11.5 Å². The van der Waals surface area contributed by atoms with E-state index in [9.17, 15) is 13.2 Å². The Balaban J connectivity index is 2.35. The summed E-state index contributed by atoms with van der Waals surface area (Å²) in [4.78, 5) is 11.5. The van der Waals surface area contributed by atoms with Crippen LogP contribution in [0.1, 0.15) is 15.9 Å². The number of hydrogen-bond acceptors (Lipinski definition) is 6. The number of nitrogens with zero attached hydrogens (tertiary/aromatic N) is 1. The Morgan fingerprint density at radius 1 is 1.04 bits per heavy atom. The molecule has 9 heteroatoms. The zero-order chi connectivity index (χ0) is 20.2. The summed E-state index contributed by atoms with van der Waals surface area (Å²) in [5, 5.41) is 0.0156. The van der Waals surface area contributed by atoms with Gasteiger partial charge in [0.05, 0.1) is 31.9 Å². The molecule has 0 fully saturated rings. The van der Waals surface area contributed by atoms with Crippen LogP contribution in [0.25, 0.3) is 0 Å². The molecule has 146 valence electrons. The molecular weight excluding hydrogens is 394 g/mol. The van der Waals surface area contributed by atoms with Gasteiger partial charge in [0.1, 0.15) is 4.90 Å². The van der Waals surface area contributed by atoms with Crippen molar-refractivity contribution in [2.75, 3.05) is 28.4 Å². The molecule has 0 unspecified atom stereocenters. The van der Waals surface area contributed by atoms with Crippen LogP contribution in [-0.4, -0.2) is 47.1 Å². The molecule has 0 bridgehead atoms. The number of hydrogen-bond donors (Lipinski definition) is 0. The van der Waals surface area contributed by atoms with Crippen molar-refractivity contribution >= 4 is 27.6 Å². The fourth-order valence-corrected chi connectivity index (χ4v) is 4.09. The molecule has 0 aliphatic heterocycles. The van der Waals surface area contributed by atoms with Crippen molar-refractivity contribution in [1.29, 1.82) is 0 Å². The van der Waals surface area contributed by atoms with Crippen LogP contribution in [0.2, 0.25) is 5.02 Å². The lowest BCUT2D eigenvalue weighted by Gasteiger charge is -2.19. The van der Waals surface area contributed by atoms with E-state index in [1.54, 1.807) is 18.2 Å². The topological polar surface area (TPSA) is 82.1 Å². The Morgan fingerprint density at radius 3 is 2.30 bits per heavy atom. The van der Waals surface area contributed by atoms with Gasteiger partial charge in [0.2, 0.25) is 10.0 Å². The van der Waals surface area contributed by atoms with Crippen LogP contribution < -0.4 is 9.47 Å². The van der Waals surface area contributed by atoms with Gasteiger partial charge >= 0.3 is 5.97 Å². The summed E-state index contributed by atoms with van der Waals surface area (Å²) in [7, 11) is 1.71. The molecule has 7 nitrogen and oxygen atoms in total. The summed E-state index contributed by atoms with van der Waals surface area (Å²) < 4.78 is 42.0. The Hall–Kier alpha value is -2.29. The minimum atomic E-state index is -3.95. The van der Waals surface area contributed by atoms with Gasteiger partial charge in [-0.2, -0.15) is 4.31 Å². The Bertz CT molecular complexity index is 945. The molecule has 2 rings (SSSR count). The Labute approximate surface area is 163 Å². The first-order valence-corrected chi connectivity index (χ1v) is 9.61. The van der Waals surface area contributed by atoms with Gasteiger partial charge in [0.25, 0.3) is 0 Å². The third kappa shape index (κ3) is 4.52. The molecule has 0 saturated heterocycles. The molecular formula is C18H20ClNO6S. The number of carbonyl (C=O) groups excluding carboxylic acids is 1. The second-order valence-corrected chi connectivity index (χ2v) is 8.01. The summed E-state index contributed by atoms with van der Waals surface area (Å²) in [5.74, 6) is 0.387. The number of benzene rings is 2. The van der Waals surface area contributed by atoms with E-state index in [2.05, 4.69) is 4.74 Å². The van der Waals surface area contributed by atoms with Gasteiger partial charge < -0.3 is 14.2 Å². The largest absolute Gasteiger partial charge is 0.493 e. The number of carbonyl (C=O) groups is 1. The normalized spacial score (nSPS) is 11.3. The summed E-state index contributed by atoms with van der Waals surface area (Å²) in [6, 6.07) is 9.08. The van der Waals surface area contributed by atoms with Crippen LogP contribution in [0, 0.1) is 0 Å². The van der Waals surface area contributed by atoms with Gasteiger partial charge in [0, 0.05) is 13.6 Å². The number of esters is 1. The predicted molar refractivity (Wildman–Crippen MR) is 101 cm³/mol. The van der Waals surface area contributed by atoms with Crippen molar-refractivity contribution in [2.45, 2.75) is 11.4 Å². The zero-order valence-electron chi connectivity index (χ0n) is 15.4. The fraction of sp³-hybridized carbons (Fsp3) is 0.278. The first kappa shape index (κ1) is 21.0. The number of sulfonamides is 1. The highest BCUT2D eigenvalue weighted by Crippen LogP contribution is 2.30. The highest BCUT2D eigenvalue weighted by molar-refractivity contribution is 7.89. The Kier molecular flexibility index (Phi) is 6.69. The lowest BCUT2D eigenvalue weighted by molar-refractivity contribution is 0.0600. The van der Waals surface area contributed by atoms with Gasteiger partial charge in [-0.3, -0.25) is 0 Å². The maximum absolute atomic E-state index is 12.9. The number of halogens is 1. The van der Waals surface area contributed by atoms with Crippen molar-refractivity contribution in [3.05, 3.63) is 52.5 Å². The Morgan fingerprint density at radius 2 is 1.70 bits per heavy atom. The molecule has 27 heavy (non-hydrogen) atoms.